The Morgan fingerprint density at radius 3 is 2.44 bits per heavy atom. The van der Waals surface area contributed by atoms with E-state index >= 15 is 0 Å². The molecule has 16 heavy (non-hydrogen) atoms. The van der Waals surface area contributed by atoms with Gasteiger partial charge in [0, 0.05) is 18.4 Å². The first-order valence-corrected chi connectivity index (χ1v) is 5.23. The van der Waals surface area contributed by atoms with Crippen LogP contribution in [0.5, 0.6) is 0 Å². The number of aliphatic hydroxyl groups is 1. The minimum atomic E-state index is -0.850. The molecule has 0 aromatic rings. The molecule has 0 saturated heterocycles. The Bertz CT molecular complexity index is 267. The van der Waals surface area contributed by atoms with E-state index in [1.807, 2.05) is 20.8 Å². The van der Waals surface area contributed by atoms with Crippen LogP contribution < -0.4 is 11.5 Å². The van der Waals surface area contributed by atoms with Crippen molar-refractivity contribution in [1.29, 1.82) is 0 Å². The second-order valence-corrected chi connectivity index (χ2v) is 4.64. The average molecular weight is 343 g/mol. The van der Waals surface area contributed by atoms with Crippen molar-refractivity contribution in [1.82, 2.24) is 0 Å². The molecule has 0 amide bonds. The quantitative estimate of drug-likeness (QED) is 0.392. The Morgan fingerprint density at radius 2 is 2.06 bits per heavy atom. The van der Waals surface area contributed by atoms with Crippen LogP contribution in [0.25, 0.3) is 0 Å². The number of ether oxygens (including phenoxy) is 1. The molecule has 1 aliphatic carbocycles. The van der Waals surface area contributed by atoms with Crippen LogP contribution in [0, 0.1) is 5.41 Å². The highest BCUT2D eigenvalue weighted by Crippen LogP contribution is 2.51. The molecule has 0 aromatic heterocycles. The monoisotopic (exact) mass is 343 g/mol. The molecule has 0 spiro atoms. The largest absolute Gasteiger partial charge is 0.387 e. The highest BCUT2D eigenvalue weighted by Gasteiger charge is 2.59. The summed E-state index contributed by atoms with van der Waals surface area (Å²) in [6, 6.07) is 0. The van der Waals surface area contributed by atoms with E-state index in [0.717, 1.165) is 0 Å². The molecule has 1 rings (SSSR count). The van der Waals surface area contributed by atoms with E-state index in [2.05, 4.69) is 4.99 Å². The molecule has 2 unspecified atom stereocenters. The summed E-state index contributed by atoms with van der Waals surface area (Å²) >= 11 is 0. The number of hydrogen-bond donors (Lipinski definition) is 3. The molecule has 0 heterocycles. The molecule has 96 valence electrons. The Labute approximate surface area is 114 Å². The van der Waals surface area contributed by atoms with Crippen molar-refractivity contribution in [3.63, 3.8) is 0 Å². The van der Waals surface area contributed by atoms with Crippen molar-refractivity contribution in [2.75, 3.05) is 13.2 Å². The predicted molar refractivity (Wildman–Crippen MR) is 74.9 cm³/mol. The smallest absolute Gasteiger partial charge is 0.186 e. The fourth-order valence-corrected chi connectivity index (χ4v) is 1.95. The van der Waals surface area contributed by atoms with Gasteiger partial charge in [-0.15, -0.1) is 24.0 Å². The molecule has 1 fully saturated rings. The van der Waals surface area contributed by atoms with Gasteiger partial charge >= 0.3 is 0 Å². The second-order valence-electron chi connectivity index (χ2n) is 4.64. The molecule has 0 aromatic carbocycles. The first-order valence-electron chi connectivity index (χ1n) is 5.23. The van der Waals surface area contributed by atoms with Gasteiger partial charge in [0.05, 0.1) is 18.2 Å². The van der Waals surface area contributed by atoms with Crippen LogP contribution in [0.2, 0.25) is 0 Å². The van der Waals surface area contributed by atoms with Crippen LogP contribution in [-0.4, -0.2) is 35.9 Å². The standard InChI is InChI=1S/C10H21N3O2.HI/c1-4-15-7-5-10(14,9(7,2)3)6-13-8(11)12;/h7,14H,4-6H2,1-3H3,(H4,11,12,13);1H. The lowest BCUT2D eigenvalue weighted by molar-refractivity contribution is -0.235. The van der Waals surface area contributed by atoms with E-state index in [-0.39, 0.29) is 48.0 Å². The Balaban J connectivity index is 0.00000225. The third-order valence-corrected chi connectivity index (χ3v) is 3.42. The van der Waals surface area contributed by atoms with Crippen molar-refractivity contribution in [2.45, 2.75) is 38.9 Å². The molecule has 0 radical (unpaired) electrons. The number of rotatable bonds is 4. The topological polar surface area (TPSA) is 93.9 Å². The summed E-state index contributed by atoms with van der Waals surface area (Å²) in [5.41, 5.74) is 9.34. The van der Waals surface area contributed by atoms with Gasteiger partial charge in [-0.1, -0.05) is 13.8 Å². The zero-order valence-corrected chi connectivity index (χ0v) is 12.4. The number of nitrogens with two attached hydrogens (primary N) is 2. The Kier molecular flexibility index (Phi) is 5.48. The maximum absolute atomic E-state index is 10.3. The fourth-order valence-electron chi connectivity index (χ4n) is 1.95. The summed E-state index contributed by atoms with van der Waals surface area (Å²) in [5.74, 6) is 0.0130. The van der Waals surface area contributed by atoms with Crippen LogP contribution in [0.1, 0.15) is 27.2 Å². The lowest BCUT2D eigenvalue weighted by Gasteiger charge is -2.57. The number of nitrogens with zero attached hydrogens (tertiary/aromatic N) is 1. The van der Waals surface area contributed by atoms with E-state index in [1.54, 1.807) is 0 Å². The first kappa shape index (κ1) is 15.9. The summed E-state index contributed by atoms with van der Waals surface area (Å²) < 4.78 is 5.52. The number of hydrogen-bond acceptors (Lipinski definition) is 3. The van der Waals surface area contributed by atoms with E-state index < -0.39 is 5.60 Å². The Morgan fingerprint density at radius 1 is 1.50 bits per heavy atom. The second kappa shape index (κ2) is 5.50. The molecule has 5 N–H and O–H groups in total. The van der Waals surface area contributed by atoms with Gasteiger partial charge in [0.2, 0.25) is 0 Å². The van der Waals surface area contributed by atoms with Crippen LogP contribution in [0.3, 0.4) is 0 Å². The number of guanidine groups is 1. The highest BCUT2D eigenvalue weighted by molar-refractivity contribution is 14.0. The Hall–Kier alpha value is -0.0800. The van der Waals surface area contributed by atoms with E-state index in [4.69, 9.17) is 16.2 Å². The SMILES string of the molecule is CCOC1CC(O)(CN=C(N)N)C1(C)C.I. The van der Waals surface area contributed by atoms with Crippen molar-refractivity contribution >= 4 is 29.9 Å². The first-order chi connectivity index (χ1) is 6.83. The minimum absolute atomic E-state index is 0. The molecule has 2 atom stereocenters. The van der Waals surface area contributed by atoms with Crippen LogP contribution in [-0.2, 0) is 4.74 Å². The molecule has 6 heteroatoms. The van der Waals surface area contributed by atoms with Gasteiger partial charge in [0.15, 0.2) is 5.96 Å². The van der Waals surface area contributed by atoms with Crippen molar-refractivity contribution in [2.24, 2.45) is 21.9 Å². The van der Waals surface area contributed by atoms with Crippen molar-refractivity contribution in [3.8, 4) is 0 Å². The molecule has 0 aliphatic heterocycles. The van der Waals surface area contributed by atoms with Gasteiger partial charge in [-0.2, -0.15) is 0 Å². The van der Waals surface area contributed by atoms with Crippen molar-refractivity contribution < 1.29 is 9.84 Å². The third-order valence-electron chi connectivity index (χ3n) is 3.42. The van der Waals surface area contributed by atoms with E-state index in [0.29, 0.717) is 13.0 Å². The summed E-state index contributed by atoms with van der Waals surface area (Å²) in [4.78, 5) is 3.88. The van der Waals surface area contributed by atoms with Gasteiger partial charge in [-0.25, -0.2) is 0 Å². The summed E-state index contributed by atoms with van der Waals surface area (Å²) in [7, 11) is 0. The van der Waals surface area contributed by atoms with E-state index in [1.165, 1.54) is 0 Å². The maximum atomic E-state index is 10.3. The highest BCUT2D eigenvalue weighted by atomic mass is 127. The third kappa shape index (κ3) is 2.78. The molecular weight excluding hydrogens is 321 g/mol. The van der Waals surface area contributed by atoms with Crippen LogP contribution in [0.15, 0.2) is 4.99 Å². The molecule has 1 aliphatic rings. The number of aliphatic imine (C=N–C) groups is 1. The molecular formula is C10H22IN3O2. The van der Waals surface area contributed by atoms with Gasteiger partial charge in [-0.05, 0) is 6.92 Å². The van der Waals surface area contributed by atoms with Gasteiger partial charge < -0.3 is 21.3 Å². The van der Waals surface area contributed by atoms with Crippen molar-refractivity contribution in [3.05, 3.63) is 0 Å². The molecule has 5 nitrogen and oxygen atoms in total. The lowest BCUT2D eigenvalue weighted by Crippen LogP contribution is -2.66. The molecule has 0 bridgehead atoms. The van der Waals surface area contributed by atoms with Gasteiger partial charge in [0.25, 0.3) is 0 Å². The zero-order chi connectivity index (χ0) is 11.7. The fraction of sp³-hybridized carbons (Fsp3) is 0.900. The van der Waals surface area contributed by atoms with Gasteiger partial charge in [-0.3, -0.25) is 4.99 Å². The predicted octanol–water partition coefficient (Wildman–Crippen LogP) is 0.444. The summed E-state index contributed by atoms with van der Waals surface area (Å²) in [5, 5.41) is 10.3. The average Bonchev–Trinajstić information content (AvgIpc) is 2.14. The molecule has 1 saturated carbocycles. The summed E-state index contributed by atoms with van der Waals surface area (Å²) in [6.07, 6.45) is 0.673. The zero-order valence-electron chi connectivity index (χ0n) is 10.1. The number of halogens is 1. The maximum Gasteiger partial charge on any atom is 0.186 e. The van der Waals surface area contributed by atoms with Crippen LogP contribution >= 0.6 is 24.0 Å². The van der Waals surface area contributed by atoms with Crippen LogP contribution in [0.4, 0.5) is 0 Å². The minimum Gasteiger partial charge on any atom is -0.387 e. The van der Waals surface area contributed by atoms with E-state index in [9.17, 15) is 5.11 Å². The lowest BCUT2D eigenvalue weighted by atomic mass is 9.56. The normalized spacial score (nSPS) is 31.1. The van der Waals surface area contributed by atoms with Gasteiger partial charge in [0.1, 0.15) is 0 Å². The summed E-state index contributed by atoms with van der Waals surface area (Å²) in [6.45, 7) is 6.79.